The molecular formula is C8H9ClN4O4. The average Bonchev–Trinajstić information content (AvgIpc) is 2.70. The molecule has 0 radical (unpaired) electrons. The van der Waals surface area contributed by atoms with E-state index in [1.165, 1.54) is 13.4 Å². The van der Waals surface area contributed by atoms with Crippen LogP contribution in [0.4, 0.5) is 0 Å². The second-order valence-electron chi connectivity index (χ2n) is 3.23. The summed E-state index contributed by atoms with van der Waals surface area (Å²) in [7, 11) is 1.42. The van der Waals surface area contributed by atoms with Gasteiger partial charge in [-0.15, -0.1) is 12.4 Å². The first-order valence-corrected chi connectivity index (χ1v) is 4.37. The largest absolute Gasteiger partial charge is 0.480 e. The second-order valence-corrected chi connectivity index (χ2v) is 3.23. The Morgan fingerprint density at radius 3 is 2.76 bits per heavy atom. The summed E-state index contributed by atoms with van der Waals surface area (Å²) in [5.74, 6) is -1.25. The van der Waals surface area contributed by atoms with Crippen LogP contribution in [0.25, 0.3) is 11.2 Å². The van der Waals surface area contributed by atoms with Gasteiger partial charge in [-0.25, -0.2) is 14.3 Å². The number of carboxylic acid groups (broad SMARTS) is 1. The number of aromatic amines is 1. The minimum absolute atomic E-state index is 0. The highest BCUT2D eigenvalue weighted by atomic mass is 35.5. The number of imidazole rings is 1. The van der Waals surface area contributed by atoms with Crippen molar-refractivity contribution in [1.29, 1.82) is 0 Å². The maximum Gasteiger partial charge on any atom is 0.333 e. The standard InChI is InChI=1S/C8H8N4O4.ClH/c1-11-6-5(9-3-10-6)7(15)12(8(11)16)2-4(13)14;/h3H,2H2,1H3,(H,9,10)(H,13,14);1H. The molecule has 0 saturated carbocycles. The van der Waals surface area contributed by atoms with E-state index in [2.05, 4.69) is 9.97 Å². The normalized spacial score (nSPS) is 10.2. The van der Waals surface area contributed by atoms with Gasteiger partial charge in [0.1, 0.15) is 12.1 Å². The Morgan fingerprint density at radius 2 is 2.18 bits per heavy atom. The third-order valence-electron chi connectivity index (χ3n) is 2.21. The van der Waals surface area contributed by atoms with Crippen LogP contribution in [0.2, 0.25) is 0 Å². The van der Waals surface area contributed by atoms with Crippen LogP contribution in [0.5, 0.6) is 0 Å². The van der Waals surface area contributed by atoms with Crippen molar-refractivity contribution in [3.05, 3.63) is 27.2 Å². The van der Waals surface area contributed by atoms with Crippen molar-refractivity contribution >= 4 is 29.5 Å². The summed E-state index contributed by atoms with van der Waals surface area (Å²) >= 11 is 0. The number of hydrogen-bond donors (Lipinski definition) is 2. The Kier molecular flexibility index (Phi) is 3.37. The Labute approximate surface area is 99.9 Å². The van der Waals surface area contributed by atoms with Gasteiger partial charge in [-0.1, -0.05) is 0 Å². The van der Waals surface area contributed by atoms with Crippen LogP contribution in [0.1, 0.15) is 0 Å². The average molecular weight is 261 g/mol. The van der Waals surface area contributed by atoms with E-state index in [9.17, 15) is 14.4 Å². The van der Waals surface area contributed by atoms with Gasteiger partial charge in [0, 0.05) is 7.05 Å². The third kappa shape index (κ3) is 1.94. The smallest absolute Gasteiger partial charge is 0.333 e. The van der Waals surface area contributed by atoms with E-state index in [1.807, 2.05) is 0 Å². The molecule has 0 unspecified atom stereocenters. The third-order valence-corrected chi connectivity index (χ3v) is 2.21. The first kappa shape index (κ1) is 13.0. The predicted molar refractivity (Wildman–Crippen MR) is 60.5 cm³/mol. The number of rotatable bonds is 2. The number of fused-ring (bicyclic) bond motifs is 1. The van der Waals surface area contributed by atoms with E-state index in [0.29, 0.717) is 4.57 Å². The van der Waals surface area contributed by atoms with E-state index in [1.54, 1.807) is 0 Å². The monoisotopic (exact) mass is 260 g/mol. The van der Waals surface area contributed by atoms with E-state index in [4.69, 9.17) is 5.11 Å². The van der Waals surface area contributed by atoms with Gasteiger partial charge >= 0.3 is 11.7 Å². The Balaban J connectivity index is 0.00000144. The first-order chi connectivity index (χ1) is 7.52. The number of carbonyl (C=O) groups is 1. The molecule has 0 spiro atoms. The minimum atomic E-state index is -1.25. The number of carboxylic acids is 1. The fourth-order valence-corrected chi connectivity index (χ4v) is 1.47. The lowest BCUT2D eigenvalue weighted by Crippen LogP contribution is -2.40. The SMILES string of the molecule is Cl.Cn1c(=O)n(CC(=O)O)c(=O)c2[nH]cnc21. The molecule has 92 valence electrons. The highest BCUT2D eigenvalue weighted by Crippen LogP contribution is 1.98. The molecule has 17 heavy (non-hydrogen) atoms. The highest BCUT2D eigenvalue weighted by molar-refractivity contribution is 5.85. The quantitative estimate of drug-likeness (QED) is 0.714. The van der Waals surface area contributed by atoms with Gasteiger partial charge in [0.15, 0.2) is 5.65 Å². The van der Waals surface area contributed by atoms with Crippen LogP contribution in [-0.4, -0.2) is 30.2 Å². The van der Waals surface area contributed by atoms with E-state index in [-0.39, 0.29) is 23.6 Å². The fraction of sp³-hybridized carbons (Fsp3) is 0.250. The molecule has 0 aromatic carbocycles. The van der Waals surface area contributed by atoms with Crippen molar-refractivity contribution in [1.82, 2.24) is 19.1 Å². The van der Waals surface area contributed by atoms with Gasteiger partial charge in [0.2, 0.25) is 0 Å². The maximum absolute atomic E-state index is 11.7. The molecule has 2 aromatic rings. The Hall–Kier alpha value is -2.09. The molecule has 0 aliphatic carbocycles. The topological polar surface area (TPSA) is 110 Å². The molecule has 0 aliphatic rings. The summed E-state index contributed by atoms with van der Waals surface area (Å²) < 4.78 is 1.76. The molecule has 2 aromatic heterocycles. The zero-order valence-corrected chi connectivity index (χ0v) is 9.52. The van der Waals surface area contributed by atoms with Crippen LogP contribution in [-0.2, 0) is 18.4 Å². The van der Waals surface area contributed by atoms with Gasteiger partial charge in [-0.3, -0.25) is 14.2 Å². The molecule has 8 nitrogen and oxygen atoms in total. The molecule has 9 heteroatoms. The van der Waals surface area contributed by atoms with Crippen LogP contribution in [0.3, 0.4) is 0 Å². The molecular weight excluding hydrogens is 252 g/mol. The summed E-state index contributed by atoms with van der Waals surface area (Å²) in [5, 5.41) is 8.60. The summed E-state index contributed by atoms with van der Waals surface area (Å²) in [6.45, 7) is -0.666. The van der Waals surface area contributed by atoms with Crippen LogP contribution < -0.4 is 11.2 Å². The van der Waals surface area contributed by atoms with Crippen LogP contribution in [0, 0.1) is 0 Å². The summed E-state index contributed by atoms with van der Waals surface area (Å²) in [6.07, 6.45) is 1.27. The van der Waals surface area contributed by atoms with E-state index in [0.717, 1.165) is 4.57 Å². The fourth-order valence-electron chi connectivity index (χ4n) is 1.47. The molecule has 0 atom stereocenters. The lowest BCUT2D eigenvalue weighted by Gasteiger charge is -2.04. The number of aryl methyl sites for hydroxylation is 1. The zero-order chi connectivity index (χ0) is 11.9. The first-order valence-electron chi connectivity index (χ1n) is 4.37. The lowest BCUT2D eigenvalue weighted by molar-refractivity contribution is -0.137. The van der Waals surface area contributed by atoms with Gasteiger partial charge in [-0.2, -0.15) is 0 Å². The number of hydrogen-bond acceptors (Lipinski definition) is 4. The van der Waals surface area contributed by atoms with Crippen molar-refractivity contribution in [2.45, 2.75) is 6.54 Å². The number of halogens is 1. The number of nitrogens with one attached hydrogen (secondary N) is 1. The predicted octanol–water partition coefficient (Wildman–Crippen LogP) is -1.07. The van der Waals surface area contributed by atoms with Crippen LogP contribution in [0.15, 0.2) is 15.9 Å². The molecule has 0 saturated heterocycles. The van der Waals surface area contributed by atoms with Crippen molar-refractivity contribution in [3.8, 4) is 0 Å². The summed E-state index contributed by atoms with van der Waals surface area (Å²) in [5.41, 5.74) is -1.06. The van der Waals surface area contributed by atoms with Gasteiger partial charge < -0.3 is 10.1 Å². The molecule has 0 bridgehead atoms. The van der Waals surface area contributed by atoms with Crippen molar-refractivity contribution in [2.75, 3.05) is 0 Å². The van der Waals surface area contributed by atoms with E-state index < -0.39 is 23.8 Å². The van der Waals surface area contributed by atoms with Gasteiger partial charge in [0.25, 0.3) is 5.56 Å². The maximum atomic E-state index is 11.7. The molecule has 0 aliphatic heterocycles. The molecule has 2 rings (SSSR count). The summed E-state index contributed by atoms with van der Waals surface area (Å²) in [6, 6.07) is 0. The van der Waals surface area contributed by atoms with Crippen LogP contribution >= 0.6 is 12.4 Å². The number of aliphatic carboxylic acids is 1. The summed E-state index contributed by atoms with van der Waals surface area (Å²) in [4.78, 5) is 40.3. The molecule has 2 heterocycles. The number of H-pyrrole nitrogens is 1. The highest BCUT2D eigenvalue weighted by Gasteiger charge is 2.14. The lowest BCUT2D eigenvalue weighted by atomic mass is 10.5. The zero-order valence-electron chi connectivity index (χ0n) is 8.71. The van der Waals surface area contributed by atoms with Crippen molar-refractivity contribution in [2.24, 2.45) is 7.05 Å². The molecule has 2 N–H and O–H groups in total. The second kappa shape index (κ2) is 4.42. The molecule has 0 amide bonds. The number of nitrogens with zero attached hydrogens (tertiary/aromatic N) is 3. The van der Waals surface area contributed by atoms with Crippen molar-refractivity contribution in [3.63, 3.8) is 0 Å². The molecule has 0 fully saturated rings. The minimum Gasteiger partial charge on any atom is -0.480 e. The van der Waals surface area contributed by atoms with Gasteiger partial charge in [0.05, 0.1) is 6.33 Å². The van der Waals surface area contributed by atoms with Crippen molar-refractivity contribution < 1.29 is 9.90 Å². The Morgan fingerprint density at radius 1 is 1.53 bits per heavy atom. The van der Waals surface area contributed by atoms with Gasteiger partial charge in [-0.05, 0) is 0 Å². The van der Waals surface area contributed by atoms with E-state index >= 15 is 0 Å². The number of aromatic nitrogens is 4. The Bertz CT molecular complexity index is 683.